The number of nitrogens with one attached hydrogen (secondary N) is 1. The molecule has 0 fully saturated rings. The second-order valence-corrected chi connectivity index (χ2v) is 2.70. The molecular formula is C10H8N2. The highest BCUT2D eigenvalue weighted by molar-refractivity contribution is 5.84. The summed E-state index contributed by atoms with van der Waals surface area (Å²) in [7, 11) is 0. The zero-order valence-electron chi connectivity index (χ0n) is 6.54. The summed E-state index contributed by atoms with van der Waals surface area (Å²) in [5.74, 6) is 0. The van der Waals surface area contributed by atoms with Crippen LogP contribution in [0.25, 0.3) is 5.57 Å². The van der Waals surface area contributed by atoms with Crippen molar-refractivity contribution in [2.24, 2.45) is 0 Å². The van der Waals surface area contributed by atoms with Crippen molar-refractivity contribution < 1.29 is 0 Å². The van der Waals surface area contributed by atoms with Gasteiger partial charge in [0.05, 0.1) is 6.07 Å². The number of para-hydroxylation sites is 1. The predicted molar refractivity (Wildman–Crippen MR) is 48.5 cm³/mol. The van der Waals surface area contributed by atoms with Crippen LogP contribution in [0.2, 0.25) is 0 Å². The van der Waals surface area contributed by atoms with E-state index < -0.39 is 0 Å². The first kappa shape index (κ1) is 6.93. The summed E-state index contributed by atoms with van der Waals surface area (Å²) >= 11 is 0. The Morgan fingerprint density at radius 3 is 3.08 bits per heavy atom. The maximum atomic E-state index is 8.50. The summed E-state index contributed by atoms with van der Waals surface area (Å²) < 4.78 is 0. The summed E-state index contributed by atoms with van der Waals surface area (Å²) in [4.78, 5) is 0. The number of nitriles is 1. The van der Waals surface area contributed by atoms with Crippen LogP contribution in [0.1, 0.15) is 5.56 Å². The highest BCUT2D eigenvalue weighted by Gasteiger charge is 2.13. The average Bonchev–Trinajstić information content (AvgIpc) is 2.50. The van der Waals surface area contributed by atoms with Crippen LogP contribution in [0, 0.1) is 11.3 Å². The fourth-order valence-electron chi connectivity index (χ4n) is 1.41. The Bertz CT molecular complexity index is 372. The van der Waals surface area contributed by atoms with Crippen LogP contribution < -0.4 is 5.32 Å². The Morgan fingerprint density at radius 1 is 1.42 bits per heavy atom. The molecule has 0 spiro atoms. The minimum atomic E-state index is 0.771. The Kier molecular flexibility index (Phi) is 1.56. The van der Waals surface area contributed by atoms with Crippen molar-refractivity contribution in [3.63, 3.8) is 0 Å². The third kappa shape index (κ3) is 0.960. The molecule has 0 bridgehead atoms. The molecule has 58 valence electrons. The van der Waals surface area contributed by atoms with Crippen molar-refractivity contribution in [2.45, 2.75) is 0 Å². The molecule has 1 N–H and O–H groups in total. The van der Waals surface area contributed by atoms with Crippen molar-refractivity contribution >= 4 is 11.3 Å². The topological polar surface area (TPSA) is 35.8 Å². The molecule has 0 unspecified atom stereocenters. The molecule has 0 saturated heterocycles. The lowest BCUT2D eigenvalue weighted by Crippen LogP contribution is -1.90. The van der Waals surface area contributed by atoms with Crippen LogP contribution in [0.5, 0.6) is 0 Å². The van der Waals surface area contributed by atoms with Crippen LogP contribution in [-0.2, 0) is 0 Å². The number of benzene rings is 1. The third-order valence-electron chi connectivity index (χ3n) is 1.98. The van der Waals surface area contributed by atoms with E-state index in [1.165, 1.54) is 0 Å². The number of anilines is 1. The van der Waals surface area contributed by atoms with E-state index in [-0.39, 0.29) is 0 Å². The minimum Gasteiger partial charge on any atom is -0.380 e. The van der Waals surface area contributed by atoms with Crippen molar-refractivity contribution in [2.75, 3.05) is 11.9 Å². The van der Waals surface area contributed by atoms with Crippen LogP contribution in [0.3, 0.4) is 0 Å². The molecule has 1 aliphatic rings. The summed E-state index contributed by atoms with van der Waals surface area (Å²) in [6, 6.07) is 10.1. The van der Waals surface area contributed by atoms with Crippen LogP contribution >= 0.6 is 0 Å². The quantitative estimate of drug-likeness (QED) is 0.583. The van der Waals surface area contributed by atoms with Gasteiger partial charge in [-0.2, -0.15) is 5.26 Å². The highest BCUT2D eigenvalue weighted by atomic mass is 14.9. The molecule has 0 atom stereocenters. The third-order valence-corrected chi connectivity index (χ3v) is 1.98. The molecule has 0 amide bonds. The van der Waals surface area contributed by atoms with Gasteiger partial charge in [-0.15, -0.1) is 0 Å². The van der Waals surface area contributed by atoms with E-state index >= 15 is 0 Å². The molecule has 2 rings (SSSR count). The van der Waals surface area contributed by atoms with Crippen LogP contribution in [-0.4, -0.2) is 6.54 Å². The van der Waals surface area contributed by atoms with E-state index in [0.29, 0.717) is 0 Å². The molecule has 0 aliphatic carbocycles. The summed E-state index contributed by atoms with van der Waals surface area (Å²) in [6.45, 7) is 0.771. The van der Waals surface area contributed by atoms with E-state index in [2.05, 4.69) is 5.32 Å². The van der Waals surface area contributed by atoms with Crippen molar-refractivity contribution in [1.82, 2.24) is 0 Å². The lowest BCUT2D eigenvalue weighted by atomic mass is 10.1. The molecule has 2 nitrogen and oxygen atoms in total. The van der Waals surface area contributed by atoms with Crippen molar-refractivity contribution in [3.8, 4) is 6.07 Å². The first-order valence-corrected chi connectivity index (χ1v) is 3.84. The number of rotatable bonds is 0. The van der Waals surface area contributed by atoms with Crippen LogP contribution in [0.15, 0.2) is 30.3 Å². The van der Waals surface area contributed by atoms with Gasteiger partial charge in [0.1, 0.15) is 0 Å². The zero-order chi connectivity index (χ0) is 8.39. The van der Waals surface area contributed by atoms with Gasteiger partial charge in [-0.3, -0.25) is 0 Å². The van der Waals surface area contributed by atoms with E-state index in [1.807, 2.05) is 30.3 Å². The molecular weight excluding hydrogens is 148 g/mol. The summed E-state index contributed by atoms with van der Waals surface area (Å²) in [5, 5.41) is 11.7. The largest absolute Gasteiger partial charge is 0.380 e. The van der Waals surface area contributed by atoms with Gasteiger partial charge in [0, 0.05) is 23.9 Å². The van der Waals surface area contributed by atoms with E-state index in [4.69, 9.17) is 5.26 Å². The summed E-state index contributed by atoms with van der Waals surface area (Å²) in [5.41, 5.74) is 3.35. The fraction of sp³-hybridized carbons (Fsp3) is 0.100. The SMILES string of the molecule is N#C/C=C1\CNc2ccccc21. The van der Waals surface area contributed by atoms with E-state index in [1.54, 1.807) is 6.08 Å². The molecule has 2 heteroatoms. The number of fused-ring (bicyclic) bond motifs is 1. The second kappa shape index (κ2) is 2.71. The first-order valence-electron chi connectivity index (χ1n) is 3.84. The minimum absolute atomic E-state index is 0.771. The number of allylic oxidation sites excluding steroid dienone is 1. The molecule has 1 aliphatic heterocycles. The Labute approximate surface area is 71.1 Å². The Balaban J connectivity index is 2.51. The lowest BCUT2D eigenvalue weighted by Gasteiger charge is -1.95. The molecule has 0 saturated carbocycles. The van der Waals surface area contributed by atoms with E-state index in [0.717, 1.165) is 23.4 Å². The zero-order valence-corrected chi connectivity index (χ0v) is 6.54. The molecule has 0 aromatic heterocycles. The van der Waals surface area contributed by atoms with E-state index in [9.17, 15) is 0 Å². The Morgan fingerprint density at radius 2 is 2.25 bits per heavy atom. The standard InChI is InChI=1S/C10H8N2/c11-6-5-8-7-12-10-4-2-1-3-9(8)10/h1-5,12H,7H2/b8-5+. The predicted octanol–water partition coefficient (Wildman–Crippen LogP) is 2.02. The second-order valence-electron chi connectivity index (χ2n) is 2.70. The molecule has 1 aromatic carbocycles. The van der Waals surface area contributed by atoms with Gasteiger partial charge >= 0.3 is 0 Å². The van der Waals surface area contributed by atoms with Crippen molar-refractivity contribution in [1.29, 1.82) is 5.26 Å². The molecule has 1 aromatic rings. The van der Waals surface area contributed by atoms with Gasteiger partial charge in [-0.25, -0.2) is 0 Å². The van der Waals surface area contributed by atoms with Gasteiger partial charge in [0.25, 0.3) is 0 Å². The molecule has 0 radical (unpaired) electrons. The number of hydrogen-bond donors (Lipinski definition) is 1. The molecule has 12 heavy (non-hydrogen) atoms. The van der Waals surface area contributed by atoms with Crippen molar-refractivity contribution in [3.05, 3.63) is 35.9 Å². The van der Waals surface area contributed by atoms with Gasteiger partial charge in [-0.1, -0.05) is 18.2 Å². The first-order chi connectivity index (χ1) is 5.92. The smallest absolute Gasteiger partial charge is 0.0915 e. The fourth-order valence-corrected chi connectivity index (χ4v) is 1.41. The monoisotopic (exact) mass is 156 g/mol. The Hall–Kier alpha value is -1.75. The van der Waals surface area contributed by atoms with Gasteiger partial charge in [0.15, 0.2) is 0 Å². The highest BCUT2D eigenvalue weighted by Crippen LogP contribution is 2.29. The van der Waals surface area contributed by atoms with Gasteiger partial charge < -0.3 is 5.32 Å². The van der Waals surface area contributed by atoms with Gasteiger partial charge in [0.2, 0.25) is 0 Å². The average molecular weight is 156 g/mol. The number of nitrogens with zero attached hydrogens (tertiary/aromatic N) is 1. The lowest BCUT2D eigenvalue weighted by molar-refractivity contribution is 1.44. The molecule has 1 heterocycles. The normalized spacial score (nSPS) is 16.8. The maximum absolute atomic E-state index is 8.50. The summed E-state index contributed by atoms with van der Waals surface area (Å²) in [6.07, 6.45) is 1.60. The van der Waals surface area contributed by atoms with Crippen LogP contribution in [0.4, 0.5) is 5.69 Å². The maximum Gasteiger partial charge on any atom is 0.0915 e. The number of hydrogen-bond acceptors (Lipinski definition) is 2. The van der Waals surface area contributed by atoms with Gasteiger partial charge in [-0.05, 0) is 11.6 Å².